The zero-order valence-electron chi connectivity index (χ0n) is 11.3. The van der Waals surface area contributed by atoms with Crippen LogP contribution in [0.1, 0.15) is 38.5 Å². The molecule has 0 aliphatic carbocycles. The van der Waals surface area contributed by atoms with Crippen LogP contribution in [0.5, 0.6) is 0 Å². The smallest absolute Gasteiger partial charge is 0.119 e. The van der Waals surface area contributed by atoms with Gasteiger partial charge in [-0.25, -0.2) is 0 Å². The highest BCUT2D eigenvalue weighted by Gasteiger charge is 2.00. The number of nitrogens with zero attached hydrogens (tertiary/aromatic N) is 1. The number of carbonyl (C=O) groups is 1. The molecule has 0 aromatic heterocycles. The standard InChI is InChI=1S/C15H24N2O/c1-17(15-10-8-14(16)9-11-15)12-6-4-2-3-5-7-13-18/h8-11,13H,2-7,12,16H2,1H3. The zero-order chi connectivity index (χ0) is 13.2. The maximum Gasteiger partial charge on any atom is 0.119 e. The predicted octanol–water partition coefficient (Wildman–Crippen LogP) is 3.24. The van der Waals surface area contributed by atoms with Crippen molar-refractivity contribution in [1.29, 1.82) is 0 Å². The molecule has 2 N–H and O–H groups in total. The van der Waals surface area contributed by atoms with Gasteiger partial charge in [-0.2, -0.15) is 0 Å². The van der Waals surface area contributed by atoms with Gasteiger partial charge in [0.05, 0.1) is 0 Å². The van der Waals surface area contributed by atoms with Gasteiger partial charge >= 0.3 is 0 Å². The molecule has 0 spiro atoms. The van der Waals surface area contributed by atoms with Crippen molar-refractivity contribution in [3.8, 4) is 0 Å². The summed E-state index contributed by atoms with van der Waals surface area (Å²) >= 11 is 0. The maximum absolute atomic E-state index is 10.1. The van der Waals surface area contributed by atoms with Crippen LogP contribution >= 0.6 is 0 Å². The number of benzene rings is 1. The second-order valence-corrected chi connectivity index (χ2v) is 4.74. The molecule has 0 bridgehead atoms. The lowest BCUT2D eigenvalue weighted by Gasteiger charge is -2.19. The molecule has 0 aliphatic rings. The summed E-state index contributed by atoms with van der Waals surface area (Å²) in [5.41, 5.74) is 7.68. The van der Waals surface area contributed by atoms with E-state index in [2.05, 4.69) is 24.1 Å². The van der Waals surface area contributed by atoms with Gasteiger partial charge in [-0.1, -0.05) is 19.3 Å². The Morgan fingerprint density at radius 2 is 1.67 bits per heavy atom. The number of aldehydes is 1. The number of rotatable bonds is 9. The normalized spacial score (nSPS) is 10.3. The Bertz CT molecular complexity index is 335. The molecular weight excluding hydrogens is 224 g/mol. The average Bonchev–Trinajstić information content (AvgIpc) is 2.38. The number of carbonyl (C=O) groups excluding carboxylic acids is 1. The molecule has 1 rings (SSSR count). The van der Waals surface area contributed by atoms with Gasteiger partial charge in [0, 0.05) is 31.4 Å². The average molecular weight is 248 g/mol. The summed E-state index contributed by atoms with van der Waals surface area (Å²) in [6, 6.07) is 7.98. The third kappa shape index (κ3) is 5.71. The zero-order valence-corrected chi connectivity index (χ0v) is 11.3. The number of anilines is 2. The molecule has 0 radical (unpaired) electrons. The summed E-state index contributed by atoms with van der Waals surface area (Å²) < 4.78 is 0. The maximum atomic E-state index is 10.1. The number of hydrogen-bond donors (Lipinski definition) is 1. The van der Waals surface area contributed by atoms with Crippen molar-refractivity contribution in [2.45, 2.75) is 38.5 Å². The molecule has 3 heteroatoms. The van der Waals surface area contributed by atoms with Gasteiger partial charge in [0.2, 0.25) is 0 Å². The van der Waals surface area contributed by atoms with Crippen LogP contribution in [0, 0.1) is 0 Å². The fourth-order valence-corrected chi connectivity index (χ4v) is 1.96. The van der Waals surface area contributed by atoms with Crippen molar-refractivity contribution >= 4 is 17.7 Å². The van der Waals surface area contributed by atoms with E-state index in [1.807, 2.05) is 12.1 Å². The third-order valence-electron chi connectivity index (χ3n) is 3.15. The predicted molar refractivity (Wildman–Crippen MR) is 77.9 cm³/mol. The van der Waals surface area contributed by atoms with Crippen LogP contribution < -0.4 is 10.6 Å². The summed E-state index contributed by atoms with van der Waals surface area (Å²) in [7, 11) is 2.11. The molecule has 0 unspecified atom stereocenters. The van der Waals surface area contributed by atoms with Crippen LogP contribution in [0.4, 0.5) is 11.4 Å². The molecule has 3 nitrogen and oxygen atoms in total. The highest BCUT2D eigenvalue weighted by molar-refractivity contribution is 5.52. The Morgan fingerprint density at radius 1 is 1.06 bits per heavy atom. The van der Waals surface area contributed by atoms with E-state index in [1.165, 1.54) is 31.4 Å². The van der Waals surface area contributed by atoms with Gasteiger partial charge in [-0.3, -0.25) is 0 Å². The molecule has 0 fully saturated rings. The fraction of sp³-hybridized carbons (Fsp3) is 0.533. The number of unbranched alkanes of at least 4 members (excludes halogenated alkanes) is 5. The van der Waals surface area contributed by atoms with Crippen molar-refractivity contribution in [3.05, 3.63) is 24.3 Å². The monoisotopic (exact) mass is 248 g/mol. The summed E-state index contributed by atoms with van der Waals surface area (Å²) in [6.45, 7) is 1.07. The lowest BCUT2D eigenvalue weighted by Crippen LogP contribution is -2.18. The topological polar surface area (TPSA) is 46.3 Å². The Kier molecular flexibility index (Phi) is 6.92. The van der Waals surface area contributed by atoms with Gasteiger partial charge in [-0.05, 0) is 37.1 Å². The van der Waals surface area contributed by atoms with E-state index in [1.54, 1.807) is 0 Å². The van der Waals surface area contributed by atoms with E-state index < -0.39 is 0 Å². The molecule has 1 aromatic rings. The van der Waals surface area contributed by atoms with E-state index in [0.29, 0.717) is 6.42 Å². The van der Waals surface area contributed by atoms with Gasteiger partial charge in [0.1, 0.15) is 6.29 Å². The second-order valence-electron chi connectivity index (χ2n) is 4.74. The number of nitrogen functional groups attached to an aromatic ring is 1. The Morgan fingerprint density at radius 3 is 2.33 bits per heavy atom. The molecule has 0 saturated heterocycles. The van der Waals surface area contributed by atoms with Crippen molar-refractivity contribution in [2.24, 2.45) is 0 Å². The van der Waals surface area contributed by atoms with Gasteiger partial charge in [-0.15, -0.1) is 0 Å². The van der Waals surface area contributed by atoms with E-state index in [-0.39, 0.29) is 0 Å². The minimum atomic E-state index is 0.714. The summed E-state index contributed by atoms with van der Waals surface area (Å²) in [5, 5.41) is 0. The molecule has 1 aromatic carbocycles. The van der Waals surface area contributed by atoms with Crippen LogP contribution in [0.3, 0.4) is 0 Å². The van der Waals surface area contributed by atoms with Gasteiger partial charge < -0.3 is 15.4 Å². The van der Waals surface area contributed by atoms with Crippen LogP contribution in [-0.4, -0.2) is 19.9 Å². The van der Waals surface area contributed by atoms with Crippen molar-refractivity contribution < 1.29 is 4.79 Å². The van der Waals surface area contributed by atoms with E-state index in [9.17, 15) is 4.79 Å². The second kappa shape index (κ2) is 8.56. The highest BCUT2D eigenvalue weighted by Crippen LogP contribution is 2.15. The minimum absolute atomic E-state index is 0.714. The van der Waals surface area contributed by atoms with Crippen LogP contribution in [0.2, 0.25) is 0 Å². The Balaban J connectivity index is 2.11. The number of nitrogens with two attached hydrogens (primary N) is 1. The first-order chi connectivity index (χ1) is 8.74. The molecule has 18 heavy (non-hydrogen) atoms. The number of hydrogen-bond acceptors (Lipinski definition) is 3. The largest absolute Gasteiger partial charge is 0.399 e. The Hall–Kier alpha value is -1.51. The fourth-order valence-electron chi connectivity index (χ4n) is 1.96. The van der Waals surface area contributed by atoms with Crippen LogP contribution in [-0.2, 0) is 4.79 Å². The van der Waals surface area contributed by atoms with Crippen molar-refractivity contribution in [1.82, 2.24) is 0 Å². The third-order valence-corrected chi connectivity index (χ3v) is 3.15. The van der Waals surface area contributed by atoms with E-state index >= 15 is 0 Å². The van der Waals surface area contributed by atoms with Crippen LogP contribution in [0.15, 0.2) is 24.3 Å². The van der Waals surface area contributed by atoms with Crippen molar-refractivity contribution in [3.63, 3.8) is 0 Å². The quantitative estimate of drug-likeness (QED) is 0.414. The summed E-state index contributed by atoms with van der Waals surface area (Å²) in [5.74, 6) is 0. The molecule has 100 valence electrons. The lowest BCUT2D eigenvalue weighted by atomic mass is 10.1. The lowest BCUT2D eigenvalue weighted by molar-refractivity contribution is -0.107. The highest BCUT2D eigenvalue weighted by atomic mass is 16.1. The van der Waals surface area contributed by atoms with Gasteiger partial charge in [0.25, 0.3) is 0 Å². The van der Waals surface area contributed by atoms with E-state index in [4.69, 9.17) is 5.73 Å². The Labute approximate surface area is 110 Å². The molecule has 0 amide bonds. The molecule has 0 heterocycles. The molecule has 0 saturated carbocycles. The SMILES string of the molecule is CN(CCCCCCCC=O)c1ccc(N)cc1. The molecular formula is C15H24N2O. The first kappa shape index (κ1) is 14.6. The summed E-state index contributed by atoms with van der Waals surface area (Å²) in [4.78, 5) is 12.4. The van der Waals surface area contributed by atoms with Crippen LogP contribution in [0.25, 0.3) is 0 Å². The summed E-state index contributed by atoms with van der Waals surface area (Å²) in [6.07, 6.45) is 7.59. The first-order valence-electron chi connectivity index (χ1n) is 6.74. The van der Waals surface area contributed by atoms with Crippen molar-refractivity contribution in [2.75, 3.05) is 24.2 Å². The van der Waals surface area contributed by atoms with Gasteiger partial charge in [0.15, 0.2) is 0 Å². The molecule has 0 aliphatic heterocycles. The first-order valence-corrected chi connectivity index (χ1v) is 6.74. The molecule has 0 atom stereocenters. The minimum Gasteiger partial charge on any atom is -0.399 e. The van der Waals surface area contributed by atoms with E-state index in [0.717, 1.165) is 24.9 Å².